The van der Waals surface area contributed by atoms with Crippen LogP contribution in [0.1, 0.15) is 51.7 Å². The summed E-state index contributed by atoms with van der Waals surface area (Å²) in [7, 11) is 0. The number of carboxylic acid groups (broad SMARTS) is 1. The Bertz CT molecular complexity index is 839. The summed E-state index contributed by atoms with van der Waals surface area (Å²) >= 11 is 0. The molecule has 2 atom stereocenters. The molecule has 0 spiro atoms. The van der Waals surface area contributed by atoms with Gasteiger partial charge in [-0.1, -0.05) is 36.8 Å². The molecule has 0 heterocycles. The second-order valence-electron chi connectivity index (χ2n) is 8.36. The van der Waals surface area contributed by atoms with Gasteiger partial charge in [-0.3, -0.25) is 14.4 Å². The van der Waals surface area contributed by atoms with Crippen LogP contribution in [-0.4, -0.2) is 53.9 Å². The van der Waals surface area contributed by atoms with Gasteiger partial charge in [0.25, 0.3) is 0 Å². The van der Waals surface area contributed by atoms with Gasteiger partial charge in [0.05, 0.1) is 6.54 Å². The van der Waals surface area contributed by atoms with E-state index < -0.39 is 47.7 Å². The van der Waals surface area contributed by atoms with Crippen LogP contribution in [0.4, 0.5) is 18.0 Å². The quantitative estimate of drug-likeness (QED) is 0.246. The number of carbonyl (C=O) groups is 4. The molecule has 0 saturated carbocycles. The number of hydrogen-bond donors (Lipinski definition) is 3. The molecule has 0 fully saturated rings. The molecule has 0 aromatic heterocycles. The summed E-state index contributed by atoms with van der Waals surface area (Å²) in [6.07, 6.45) is -8.18. The average Bonchev–Trinajstić information content (AvgIpc) is 2.71. The van der Waals surface area contributed by atoms with E-state index in [-0.39, 0.29) is 37.9 Å². The van der Waals surface area contributed by atoms with Crippen LogP contribution in [-0.2, 0) is 23.9 Å². The highest BCUT2D eigenvalue weighted by Crippen LogP contribution is 2.36. The number of amides is 2. The molecule has 1 aromatic rings. The Balaban J connectivity index is 2.49. The summed E-state index contributed by atoms with van der Waals surface area (Å²) in [5.41, 5.74) is -1.04. The van der Waals surface area contributed by atoms with E-state index in [2.05, 4.69) is 15.4 Å². The third kappa shape index (κ3) is 11.0. The maximum atomic E-state index is 13.4. The van der Waals surface area contributed by atoms with Gasteiger partial charge in [0, 0.05) is 12.1 Å². The standard InChI is InChI=1S/C22H29F3N2O7/c1-21(2,3)34-20(32)27-13-16(28)26-12-8-7-11-15(18(29)30)19(31)33-17(22(23,24)25)14-9-5-4-6-10-14/h4-6,9-10,15,17H,7-8,11-13H2,1-3H3,(H,26,28)(H,27,32)(H,29,30). The van der Waals surface area contributed by atoms with Crippen molar-refractivity contribution < 1.29 is 46.9 Å². The molecular formula is C22H29F3N2O7. The van der Waals surface area contributed by atoms with Gasteiger partial charge in [-0.25, -0.2) is 4.79 Å². The fraction of sp³-hybridized carbons (Fsp3) is 0.545. The Kier molecular flexibility index (Phi) is 10.8. The first-order valence-corrected chi connectivity index (χ1v) is 10.5. The van der Waals surface area contributed by atoms with E-state index in [0.29, 0.717) is 0 Å². The lowest BCUT2D eigenvalue weighted by atomic mass is 10.0. The molecule has 190 valence electrons. The topological polar surface area (TPSA) is 131 Å². The Hall–Kier alpha value is -3.31. The van der Waals surface area contributed by atoms with Crippen molar-refractivity contribution in [2.24, 2.45) is 5.92 Å². The van der Waals surface area contributed by atoms with Gasteiger partial charge in [-0.15, -0.1) is 0 Å². The number of carboxylic acids is 1. The summed E-state index contributed by atoms with van der Waals surface area (Å²) in [4.78, 5) is 46.8. The molecule has 34 heavy (non-hydrogen) atoms. The number of ether oxygens (including phenoxy) is 2. The lowest BCUT2D eigenvalue weighted by molar-refractivity contribution is -0.226. The molecule has 1 aromatic carbocycles. The fourth-order valence-electron chi connectivity index (χ4n) is 2.72. The Labute approximate surface area is 195 Å². The average molecular weight is 490 g/mol. The van der Waals surface area contributed by atoms with Gasteiger partial charge in [-0.05, 0) is 33.6 Å². The van der Waals surface area contributed by atoms with Crippen LogP contribution in [0.25, 0.3) is 0 Å². The molecule has 0 radical (unpaired) electrons. The zero-order valence-electron chi connectivity index (χ0n) is 19.1. The number of alkyl carbamates (subject to hydrolysis) is 1. The first kappa shape index (κ1) is 28.7. The van der Waals surface area contributed by atoms with Crippen molar-refractivity contribution in [2.75, 3.05) is 13.1 Å². The summed E-state index contributed by atoms with van der Waals surface area (Å²) in [5, 5.41) is 14.0. The number of carbonyl (C=O) groups excluding carboxylic acids is 3. The van der Waals surface area contributed by atoms with Gasteiger partial charge in [0.15, 0.2) is 5.92 Å². The van der Waals surface area contributed by atoms with Crippen LogP contribution in [0.5, 0.6) is 0 Å². The van der Waals surface area contributed by atoms with E-state index >= 15 is 0 Å². The summed E-state index contributed by atoms with van der Waals surface area (Å²) in [6.45, 7) is 4.76. The number of alkyl halides is 3. The third-order valence-corrected chi connectivity index (χ3v) is 4.25. The largest absolute Gasteiger partial charge is 0.481 e. The number of unbranched alkanes of at least 4 members (excludes halogenated alkanes) is 1. The lowest BCUT2D eigenvalue weighted by Gasteiger charge is -2.22. The molecule has 2 amide bonds. The van der Waals surface area contributed by atoms with Crippen molar-refractivity contribution >= 4 is 23.9 Å². The molecule has 0 aliphatic rings. The Morgan fingerprint density at radius 3 is 2.15 bits per heavy atom. The number of rotatable bonds is 11. The third-order valence-electron chi connectivity index (χ3n) is 4.25. The SMILES string of the molecule is CC(C)(C)OC(=O)NCC(=O)NCCCCC(C(=O)O)C(=O)OC(c1ccccc1)C(F)(F)F. The second kappa shape index (κ2) is 12.8. The molecule has 0 saturated heterocycles. The minimum absolute atomic E-state index is 0.103. The minimum Gasteiger partial charge on any atom is -0.481 e. The van der Waals surface area contributed by atoms with Crippen molar-refractivity contribution in [3.05, 3.63) is 35.9 Å². The molecule has 0 aliphatic heterocycles. The van der Waals surface area contributed by atoms with Crippen LogP contribution < -0.4 is 10.6 Å². The highest BCUT2D eigenvalue weighted by Gasteiger charge is 2.45. The molecule has 9 nitrogen and oxygen atoms in total. The van der Waals surface area contributed by atoms with E-state index in [1.165, 1.54) is 18.2 Å². The monoisotopic (exact) mass is 490 g/mol. The normalized spacial score (nSPS) is 13.4. The number of nitrogens with one attached hydrogen (secondary N) is 2. The Morgan fingerprint density at radius 2 is 1.62 bits per heavy atom. The summed E-state index contributed by atoms with van der Waals surface area (Å²) in [5.74, 6) is -5.41. The number of benzene rings is 1. The van der Waals surface area contributed by atoms with Crippen LogP contribution >= 0.6 is 0 Å². The van der Waals surface area contributed by atoms with Crippen molar-refractivity contribution in [2.45, 2.75) is 57.9 Å². The van der Waals surface area contributed by atoms with Crippen LogP contribution in [0.2, 0.25) is 0 Å². The number of esters is 1. The second-order valence-corrected chi connectivity index (χ2v) is 8.36. The molecule has 1 rings (SSSR count). The van der Waals surface area contributed by atoms with Crippen LogP contribution in [0, 0.1) is 5.92 Å². The smallest absolute Gasteiger partial charge is 0.429 e. The molecule has 2 unspecified atom stereocenters. The van der Waals surface area contributed by atoms with Gasteiger partial charge < -0.3 is 25.2 Å². The van der Waals surface area contributed by atoms with E-state index in [9.17, 15) is 37.5 Å². The number of hydrogen-bond acceptors (Lipinski definition) is 6. The molecular weight excluding hydrogens is 461 g/mol. The Morgan fingerprint density at radius 1 is 1.00 bits per heavy atom. The zero-order valence-corrected chi connectivity index (χ0v) is 19.1. The van der Waals surface area contributed by atoms with Crippen molar-refractivity contribution in [3.63, 3.8) is 0 Å². The van der Waals surface area contributed by atoms with E-state index in [4.69, 9.17) is 4.74 Å². The fourth-order valence-corrected chi connectivity index (χ4v) is 2.72. The van der Waals surface area contributed by atoms with Gasteiger partial charge in [0.2, 0.25) is 12.0 Å². The van der Waals surface area contributed by atoms with E-state index in [1.54, 1.807) is 20.8 Å². The maximum absolute atomic E-state index is 13.4. The van der Waals surface area contributed by atoms with Crippen molar-refractivity contribution in [1.82, 2.24) is 10.6 Å². The highest BCUT2D eigenvalue weighted by molar-refractivity contribution is 5.94. The predicted octanol–water partition coefficient (Wildman–Crippen LogP) is 3.35. The number of aliphatic carboxylic acids is 1. The first-order chi connectivity index (χ1) is 15.7. The molecule has 0 aliphatic carbocycles. The number of halogens is 3. The van der Waals surface area contributed by atoms with Crippen molar-refractivity contribution in [1.29, 1.82) is 0 Å². The van der Waals surface area contributed by atoms with Gasteiger partial charge in [-0.2, -0.15) is 13.2 Å². The van der Waals surface area contributed by atoms with E-state index in [0.717, 1.165) is 12.1 Å². The minimum atomic E-state index is -4.92. The maximum Gasteiger partial charge on any atom is 0.429 e. The molecule has 0 bridgehead atoms. The predicted molar refractivity (Wildman–Crippen MR) is 114 cm³/mol. The van der Waals surface area contributed by atoms with Gasteiger partial charge >= 0.3 is 24.2 Å². The van der Waals surface area contributed by atoms with Crippen molar-refractivity contribution in [3.8, 4) is 0 Å². The van der Waals surface area contributed by atoms with Crippen LogP contribution in [0.15, 0.2) is 30.3 Å². The first-order valence-electron chi connectivity index (χ1n) is 10.5. The van der Waals surface area contributed by atoms with Crippen LogP contribution in [0.3, 0.4) is 0 Å². The molecule has 3 N–H and O–H groups in total. The molecule has 12 heteroatoms. The summed E-state index contributed by atoms with van der Waals surface area (Å²) in [6, 6.07) is 6.43. The van der Waals surface area contributed by atoms with Gasteiger partial charge in [0.1, 0.15) is 5.60 Å². The summed E-state index contributed by atoms with van der Waals surface area (Å²) < 4.78 is 49.6. The zero-order chi connectivity index (χ0) is 25.9. The lowest BCUT2D eigenvalue weighted by Crippen LogP contribution is -2.40. The highest BCUT2D eigenvalue weighted by atomic mass is 19.4. The van der Waals surface area contributed by atoms with E-state index in [1.807, 2.05) is 0 Å².